The fourth-order valence-corrected chi connectivity index (χ4v) is 4.73. The molecular weight excluding hydrogens is 396 g/mol. The molecule has 0 bridgehead atoms. The average molecular weight is 433 g/mol. The molecule has 1 aliphatic heterocycles. The molecule has 0 spiro atoms. The number of rotatable bonds is 7. The molecule has 0 radical (unpaired) electrons. The third kappa shape index (κ3) is 6.28. The fraction of sp³-hybridized carbons (Fsp3) is 0.667. The number of hydrogen-bond donors (Lipinski definition) is 2. The van der Waals surface area contributed by atoms with Crippen LogP contribution in [0.3, 0.4) is 0 Å². The van der Waals surface area contributed by atoms with Gasteiger partial charge in [-0.05, 0) is 45.1 Å². The van der Waals surface area contributed by atoms with Crippen LogP contribution in [0.2, 0.25) is 0 Å². The first-order chi connectivity index (χ1) is 14.7. The molecule has 2 aliphatic rings. The van der Waals surface area contributed by atoms with Gasteiger partial charge in [0.1, 0.15) is 23.5 Å². The monoisotopic (exact) mass is 432 g/mol. The second-order valence-corrected chi connectivity index (χ2v) is 9.86. The van der Waals surface area contributed by atoms with Crippen molar-refractivity contribution < 1.29 is 24.3 Å². The lowest BCUT2D eigenvalue weighted by molar-refractivity contribution is -0.193. The predicted molar refractivity (Wildman–Crippen MR) is 117 cm³/mol. The van der Waals surface area contributed by atoms with E-state index in [1.54, 1.807) is 25.8 Å². The number of carbonyl (C=O) groups excluding carboxylic acids is 1. The molecular formula is C24H36N2O5. The Morgan fingerprint density at radius 2 is 1.84 bits per heavy atom. The summed E-state index contributed by atoms with van der Waals surface area (Å²) in [5.41, 5.74) is 6.98. The van der Waals surface area contributed by atoms with Crippen molar-refractivity contribution in [1.29, 1.82) is 0 Å². The van der Waals surface area contributed by atoms with Gasteiger partial charge in [-0.2, -0.15) is 5.06 Å². The number of benzene rings is 1. The maximum atomic E-state index is 13.3. The van der Waals surface area contributed by atoms with Gasteiger partial charge in [-0.3, -0.25) is 14.4 Å². The van der Waals surface area contributed by atoms with Crippen LogP contribution in [0.1, 0.15) is 58.4 Å². The molecule has 1 heterocycles. The smallest absolute Gasteiger partial charge is 0.313 e. The van der Waals surface area contributed by atoms with Crippen LogP contribution in [0.15, 0.2) is 30.3 Å². The number of aliphatic carboxylic acids is 1. The molecule has 7 heteroatoms. The van der Waals surface area contributed by atoms with Gasteiger partial charge in [0, 0.05) is 19.1 Å². The number of carbonyl (C=O) groups is 2. The van der Waals surface area contributed by atoms with Gasteiger partial charge < -0.3 is 15.6 Å². The lowest BCUT2D eigenvalue weighted by atomic mass is 9.75. The highest BCUT2D eigenvalue weighted by atomic mass is 16.7. The number of carboxylic acids is 1. The molecule has 3 rings (SSSR count). The van der Waals surface area contributed by atoms with Crippen molar-refractivity contribution in [1.82, 2.24) is 5.06 Å². The number of nitrogens with two attached hydrogens (primary N) is 1. The standard InChI is InChI=1S/C24H36N2O5/c1-24(2,3)30-23(29)19(20(25)17-12-8-5-9-13-17)21-18(22(27)28)15-26(31-21)14-16-10-6-4-7-11-16/h4,6-7,10-11,17-21H,5,8-9,12-15,25H2,1-3H3,(H,27,28)/t18?,19?,20-,21?/m1/s1. The second-order valence-electron chi connectivity index (χ2n) is 9.86. The van der Waals surface area contributed by atoms with E-state index in [4.69, 9.17) is 15.3 Å². The largest absolute Gasteiger partial charge is 0.481 e. The summed E-state index contributed by atoms with van der Waals surface area (Å²) in [6.45, 7) is 6.06. The lowest BCUT2D eigenvalue weighted by Gasteiger charge is -2.36. The van der Waals surface area contributed by atoms with Crippen LogP contribution in [0, 0.1) is 17.8 Å². The second kappa shape index (κ2) is 10.1. The maximum Gasteiger partial charge on any atom is 0.313 e. The zero-order valence-electron chi connectivity index (χ0n) is 18.8. The van der Waals surface area contributed by atoms with Gasteiger partial charge in [-0.15, -0.1) is 0 Å². The number of carboxylic acid groups (broad SMARTS) is 1. The molecule has 0 aromatic heterocycles. The minimum Gasteiger partial charge on any atom is -0.481 e. The van der Waals surface area contributed by atoms with E-state index in [-0.39, 0.29) is 12.5 Å². The van der Waals surface area contributed by atoms with Gasteiger partial charge in [-0.1, -0.05) is 49.6 Å². The average Bonchev–Trinajstić information content (AvgIpc) is 3.11. The van der Waals surface area contributed by atoms with E-state index in [2.05, 4.69) is 0 Å². The molecule has 1 aromatic carbocycles. The molecule has 1 saturated heterocycles. The molecule has 1 aliphatic carbocycles. The summed E-state index contributed by atoms with van der Waals surface area (Å²) >= 11 is 0. The normalized spacial score (nSPS) is 25.2. The van der Waals surface area contributed by atoms with E-state index in [0.29, 0.717) is 6.54 Å². The molecule has 3 N–H and O–H groups in total. The minimum absolute atomic E-state index is 0.160. The number of ether oxygens (including phenoxy) is 1. The Morgan fingerprint density at radius 3 is 2.42 bits per heavy atom. The summed E-state index contributed by atoms with van der Waals surface area (Å²) in [5, 5.41) is 11.6. The molecule has 172 valence electrons. The van der Waals surface area contributed by atoms with Gasteiger partial charge >= 0.3 is 11.9 Å². The zero-order chi connectivity index (χ0) is 22.6. The van der Waals surface area contributed by atoms with E-state index >= 15 is 0 Å². The Kier molecular flexibility index (Phi) is 7.73. The Hall–Kier alpha value is -1.96. The van der Waals surface area contributed by atoms with Crippen LogP contribution in [0.4, 0.5) is 0 Å². The minimum atomic E-state index is -0.982. The molecule has 31 heavy (non-hydrogen) atoms. The summed E-state index contributed by atoms with van der Waals surface area (Å²) in [6, 6.07) is 9.22. The van der Waals surface area contributed by atoms with Crippen LogP contribution in [0.5, 0.6) is 0 Å². The highest BCUT2D eigenvalue weighted by molar-refractivity contribution is 5.78. The zero-order valence-corrected chi connectivity index (χ0v) is 18.8. The number of hydroxylamine groups is 2. The fourth-order valence-electron chi connectivity index (χ4n) is 4.73. The van der Waals surface area contributed by atoms with Crippen molar-refractivity contribution in [2.75, 3.05) is 6.54 Å². The van der Waals surface area contributed by atoms with Crippen LogP contribution >= 0.6 is 0 Å². The van der Waals surface area contributed by atoms with Gasteiger partial charge in [0.25, 0.3) is 0 Å². The Labute approximate surface area is 184 Å². The van der Waals surface area contributed by atoms with E-state index < -0.39 is 41.5 Å². The van der Waals surface area contributed by atoms with Crippen molar-refractivity contribution in [2.45, 2.75) is 77.2 Å². The van der Waals surface area contributed by atoms with Gasteiger partial charge in [0.15, 0.2) is 0 Å². The molecule has 1 aromatic rings. The molecule has 3 unspecified atom stereocenters. The number of nitrogens with zero attached hydrogens (tertiary/aromatic N) is 1. The first kappa shape index (κ1) is 23.7. The van der Waals surface area contributed by atoms with Gasteiger partial charge in [0.05, 0.1) is 0 Å². The van der Waals surface area contributed by atoms with Crippen molar-refractivity contribution in [3.05, 3.63) is 35.9 Å². The number of esters is 1. The third-order valence-corrected chi connectivity index (χ3v) is 6.23. The topological polar surface area (TPSA) is 102 Å². The van der Waals surface area contributed by atoms with Crippen molar-refractivity contribution >= 4 is 11.9 Å². The maximum absolute atomic E-state index is 13.3. The molecule has 4 atom stereocenters. The van der Waals surface area contributed by atoms with E-state index in [1.165, 1.54) is 6.42 Å². The molecule has 1 saturated carbocycles. The van der Waals surface area contributed by atoms with Crippen LogP contribution in [-0.2, 0) is 25.7 Å². The highest BCUT2D eigenvalue weighted by Crippen LogP contribution is 2.36. The first-order valence-corrected chi connectivity index (χ1v) is 11.3. The van der Waals surface area contributed by atoms with Gasteiger partial charge in [0.2, 0.25) is 0 Å². The van der Waals surface area contributed by atoms with E-state index in [1.807, 2.05) is 30.3 Å². The summed E-state index contributed by atoms with van der Waals surface area (Å²) in [5.74, 6) is -2.97. The summed E-state index contributed by atoms with van der Waals surface area (Å²) < 4.78 is 5.70. The van der Waals surface area contributed by atoms with E-state index in [0.717, 1.165) is 31.2 Å². The summed E-state index contributed by atoms with van der Waals surface area (Å²) in [6.07, 6.45) is 4.36. The van der Waals surface area contributed by atoms with Gasteiger partial charge in [-0.25, -0.2) is 0 Å². The molecule has 0 amide bonds. The van der Waals surface area contributed by atoms with Crippen LogP contribution < -0.4 is 5.73 Å². The highest BCUT2D eigenvalue weighted by Gasteiger charge is 2.50. The van der Waals surface area contributed by atoms with Crippen molar-refractivity contribution in [3.63, 3.8) is 0 Å². The first-order valence-electron chi connectivity index (χ1n) is 11.3. The van der Waals surface area contributed by atoms with E-state index in [9.17, 15) is 14.7 Å². The Morgan fingerprint density at radius 1 is 1.19 bits per heavy atom. The predicted octanol–water partition coefficient (Wildman–Crippen LogP) is 3.37. The summed E-state index contributed by atoms with van der Waals surface area (Å²) in [4.78, 5) is 31.5. The Balaban J connectivity index is 1.85. The lowest BCUT2D eigenvalue weighted by Crippen LogP contribution is -2.52. The van der Waals surface area contributed by atoms with Crippen molar-refractivity contribution in [2.24, 2.45) is 23.5 Å². The molecule has 7 nitrogen and oxygen atoms in total. The van der Waals surface area contributed by atoms with Crippen molar-refractivity contribution in [3.8, 4) is 0 Å². The SMILES string of the molecule is CC(C)(C)OC(=O)C(C1ON(Cc2ccccc2)CC1C(=O)O)[C@H](N)C1CCCCC1. The summed E-state index contributed by atoms with van der Waals surface area (Å²) in [7, 11) is 0. The number of hydrogen-bond acceptors (Lipinski definition) is 6. The molecule has 2 fully saturated rings. The Bertz CT molecular complexity index is 742. The van der Waals surface area contributed by atoms with Crippen LogP contribution in [0.25, 0.3) is 0 Å². The third-order valence-electron chi connectivity index (χ3n) is 6.23. The van der Waals surface area contributed by atoms with Crippen LogP contribution in [-0.4, -0.2) is 46.4 Å². The quantitative estimate of drug-likeness (QED) is 0.637.